The van der Waals surface area contributed by atoms with Crippen molar-refractivity contribution in [3.63, 3.8) is 0 Å². The molecule has 0 saturated carbocycles. The highest BCUT2D eigenvalue weighted by Crippen LogP contribution is 2.42. The number of thiophene rings is 1. The molecule has 4 aromatic rings. The fourth-order valence-electron chi connectivity index (χ4n) is 3.29. The fraction of sp³-hybridized carbons (Fsp3) is 0.136. The van der Waals surface area contributed by atoms with Crippen molar-refractivity contribution >= 4 is 62.7 Å². The van der Waals surface area contributed by atoms with Gasteiger partial charge in [0.2, 0.25) is 0 Å². The van der Waals surface area contributed by atoms with Gasteiger partial charge in [0.25, 0.3) is 5.56 Å². The SMILES string of the molecule is COC(=O)c1sc2c(c1N=CN(C)C)c1ccccc1c(=O)n2-c1cccc(F)c1.Cl. The van der Waals surface area contributed by atoms with Gasteiger partial charge in [-0.1, -0.05) is 24.3 Å². The molecule has 6 nitrogen and oxygen atoms in total. The van der Waals surface area contributed by atoms with E-state index in [2.05, 4.69) is 4.99 Å². The number of hydrogen-bond donors (Lipinski definition) is 0. The molecule has 4 rings (SSSR count). The van der Waals surface area contributed by atoms with Gasteiger partial charge in [0.1, 0.15) is 21.2 Å². The molecule has 0 saturated heterocycles. The third-order valence-corrected chi connectivity index (χ3v) is 5.70. The maximum atomic E-state index is 14.0. The predicted molar refractivity (Wildman–Crippen MR) is 125 cm³/mol. The second kappa shape index (κ2) is 8.87. The number of aliphatic imine (C=N–C) groups is 1. The average Bonchev–Trinajstić information content (AvgIpc) is 3.11. The summed E-state index contributed by atoms with van der Waals surface area (Å²) in [5.74, 6) is -1.01. The van der Waals surface area contributed by atoms with E-state index in [9.17, 15) is 14.0 Å². The highest BCUT2D eigenvalue weighted by Gasteiger charge is 2.24. The van der Waals surface area contributed by atoms with Gasteiger partial charge in [-0.3, -0.25) is 9.36 Å². The number of aromatic nitrogens is 1. The van der Waals surface area contributed by atoms with E-state index in [0.29, 0.717) is 32.4 Å². The lowest BCUT2D eigenvalue weighted by Gasteiger charge is -2.11. The van der Waals surface area contributed by atoms with Crippen LogP contribution in [0.3, 0.4) is 0 Å². The predicted octanol–water partition coefficient (Wildman–Crippen LogP) is 4.77. The van der Waals surface area contributed by atoms with Gasteiger partial charge in [0.05, 0.1) is 19.1 Å². The molecule has 0 spiro atoms. The van der Waals surface area contributed by atoms with Gasteiger partial charge in [-0.15, -0.1) is 23.7 Å². The van der Waals surface area contributed by atoms with Gasteiger partial charge < -0.3 is 9.64 Å². The van der Waals surface area contributed by atoms with Crippen LogP contribution in [0.5, 0.6) is 0 Å². The van der Waals surface area contributed by atoms with Crippen molar-refractivity contribution in [1.29, 1.82) is 0 Å². The Balaban J connectivity index is 0.00000272. The van der Waals surface area contributed by atoms with Crippen LogP contribution in [-0.4, -0.2) is 43.0 Å². The molecule has 0 aliphatic rings. The van der Waals surface area contributed by atoms with Crippen molar-refractivity contribution in [2.45, 2.75) is 0 Å². The first-order chi connectivity index (χ1) is 14.4. The number of carbonyl (C=O) groups excluding carboxylic acids is 1. The Hall–Kier alpha value is -3.23. The number of halogens is 2. The lowest BCUT2D eigenvalue weighted by Crippen LogP contribution is -2.18. The van der Waals surface area contributed by atoms with Crippen LogP contribution in [0.15, 0.2) is 58.3 Å². The maximum absolute atomic E-state index is 14.0. The van der Waals surface area contributed by atoms with E-state index in [4.69, 9.17) is 4.74 Å². The number of carbonyl (C=O) groups is 1. The summed E-state index contributed by atoms with van der Waals surface area (Å²) in [5.41, 5.74) is 0.484. The second-order valence-electron chi connectivity index (χ2n) is 6.83. The number of nitrogens with zero attached hydrogens (tertiary/aromatic N) is 3. The molecular weight excluding hydrogens is 441 g/mol. The molecular formula is C22H19ClFN3O3S. The molecule has 0 aliphatic carbocycles. The van der Waals surface area contributed by atoms with Crippen molar-refractivity contribution in [2.24, 2.45) is 4.99 Å². The van der Waals surface area contributed by atoms with Gasteiger partial charge in [0, 0.05) is 24.9 Å². The first kappa shape index (κ1) is 22.5. The molecule has 0 N–H and O–H groups in total. The summed E-state index contributed by atoms with van der Waals surface area (Å²) < 4.78 is 20.3. The maximum Gasteiger partial charge on any atom is 0.350 e. The topological polar surface area (TPSA) is 63.9 Å². The van der Waals surface area contributed by atoms with E-state index >= 15 is 0 Å². The lowest BCUT2D eigenvalue weighted by molar-refractivity contribution is 0.0607. The minimum atomic E-state index is -0.551. The third kappa shape index (κ3) is 3.92. The molecule has 0 amide bonds. The summed E-state index contributed by atoms with van der Waals surface area (Å²) in [6.45, 7) is 0. The first-order valence-electron chi connectivity index (χ1n) is 9.07. The number of hydrogen-bond acceptors (Lipinski definition) is 5. The highest BCUT2D eigenvalue weighted by molar-refractivity contribution is 7.21. The second-order valence-corrected chi connectivity index (χ2v) is 7.82. The van der Waals surface area contributed by atoms with E-state index in [1.165, 1.54) is 29.9 Å². The summed E-state index contributed by atoms with van der Waals surface area (Å²) in [5, 5.41) is 1.75. The van der Waals surface area contributed by atoms with Crippen molar-refractivity contribution in [2.75, 3.05) is 21.2 Å². The van der Waals surface area contributed by atoms with Gasteiger partial charge in [-0.25, -0.2) is 14.2 Å². The molecule has 31 heavy (non-hydrogen) atoms. The number of esters is 1. The summed E-state index contributed by atoms with van der Waals surface area (Å²) >= 11 is 1.10. The smallest absolute Gasteiger partial charge is 0.350 e. The van der Waals surface area contributed by atoms with Crippen LogP contribution in [0.25, 0.3) is 26.7 Å². The average molecular weight is 460 g/mol. The lowest BCUT2D eigenvalue weighted by atomic mass is 10.1. The Morgan fingerprint density at radius 3 is 2.52 bits per heavy atom. The number of methoxy groups -OCH3 is 1. The van der Waals surface area contributed by atoms with Crippen LogP contribution >= 0.6 is 23.7 Å². The van der Waals surface area contributed by atoms with Crippen LogP contribution in [-0.2, 0) is 4.74 Å². The molecule has 2 aromatic carbocycles. The Kier molecular flexibility index (Phi) is 6.42. The molecule has 0 unspecified atom stereocenters. The van der Waals surface area contributed by atoms with E-state index in [1.807, 2.05) is 26.2 Å². The van der Waals surface area contributed by atoms with Crippen LogP contribution in [0.2, 0.25) is 0 Å². The van der Waals surface area contributed by atoms with Crippen molar-refractivity contribution in [3.8, 4) is 5.69 Å². The van der Waals surface area contributed by atoms with Crippen LogP contribution < -0.4 is 5.56 Å². The molecule has 0 bridgehead atoms. The molecule has 2 aromatic heterocycles. The zero-order chi connectivity index (χ0) is 21.4. The van der Waals surface area contributed by atoms with Crippen LogP contribution in [0.4, 0.5) is 10.1 Å². The van der Waals surface area contributed by atoms with Crippen LogP contribution in [0.1, 0.15) is 9.67 Å². The largest absolute Gasteiger partial charge is 0.465 e. The number of fused-ring (bicyclic) bond motifs is 3. The number of pyridine rings is 1. The number of benzene rings is 2. The molecule has 0 atom stereocenters. The molecule has 2 heterocycles. The van der Waals surface area contributed by atoms with Crippen LogP contribution in [0, 0.1) is 5.82 Å². The minimum Gasteiger partial charge on any atom is -0.465 e. The molecule has 160 valence electrons. The normalized spacial score (nSPS) is 11.1. The Labute approximate surface area is 187 Å². The zero-order valence-corrected chi connectivity index (χ0v) is 18.6. The molecule has 0 fully saturated rings. The summed E-state index contributed by atoms with van der Waals surface area (Å²) in [7, 11) is 4.93. The Morgan fingerprint density at radius 1 is 1.16 bits per heavy atom. The number of rotatable bonds is 4. The zero-order valence-electron chi connectivity index (χ0n) is 17.0. The molecule has 0 aliphatic heterocycles. The van der Waals surface area contributed by atoms with Crippen molar-refractivity contribution in [1.82, 2.24) is 9.47 Å². The highest BCUT2D eigenvalue weighted by atomic mass is 35.5. The summed E-state index contributed by atoms with van der Waals surface area (Å²) in [6, 6.07) is 12.9. The standard InChI is InChI=1S/C22H18FN3O3S.ClH/c1-25(2)12-24-18-17-15-9-4-5-10-16(15)20(27)26(14-8-6-7-13(23)11-14)21(17)30-19(18)22(28)29-3;/h4-12H,1-3H3;1H. The fourth-order valence-corrected chi connectivity index (χ4v) is 4.49. The first-order valence-corrected chi connectivity index (χ1v) is 9.89. The number of ether oxygens (including phenoxy) is 1. The van der Waals surface area contributed by atoms with E-state index in [-0.39, 0.29) is 22.8 Å². The summed E-state index contributed by atoms with van der Waals surface area (Å²) in [6.07, 6.45) is 1.58. The van der Waals surface area contributed by atoms with E-state index in [0.717, 1.165) is 11.3 Å². The Bertz CT molecular complexity index is 1380. The quantitative estimate of drug-likeness (QED) is 0.250. The van der Waals surface area contributed by atoms with Gasteiger partial charge in [-0.2, -0.15) is 0 Å². The van der Waals surface area contributed by atoms with E-state index in [1.54, 1.807) is 29.4 Å². The minimum absolute atomic E-state index is 0. The van der Waals surface area contributed by atoms with E-state index < -0.39 is 11.8 Å². The van der Waals surface area contributed by atoms with Crippen molar-refractivity contribution in [3.05, 3.63) is 69.6 Å². The molecule has 9 heteroatoms. The van der Waals surface area contributed by atoms with Gasteiger partial charge in [-0.05, 0) is 29.7 Å². The van der Waals surface area contributed by atoms with Gasteiger partial charge in [0.15, 0.2) is 0 Å². The van der Waals surface area contributed by atoms with Gasteiger partial charge >= 0.3 is 5.97 Å². The monoisotopic (exact) mass is 459 g/mol. The summed E-state index contributed by atoms with van der Waals surface area (Å²) in [4.78, 5) is 32.9. The Morgan fingerprint density at radius 2 is 1.87 bits per heavy atom. The van der Waals surface area contributed by atoms with Crippen molar-refractivity contribution < 1.29 is 13.9 Å². The molecule has 0 radical (unpaired) electrons. The third-order valence-electron chi connectivity index (χ3n) is 4.55.